The number of carbonyl (C=O) groups excluding carboxylic acids is 1. The van der Waals surface area contributed by atoms with Crippen LogP contribution in [0.5, 0.6) is 0 Å². The van der Waals surface area contributed by atoms with Gasteiger partial charge in [-0.1, -0.05) is 0 Å². The van der Waals surface area contributed by atoms with E-state index in [9.17, 15) is 18.0 Å². The molecule has 0 aromatic rings. The summed E-state index contributed by atoms with van der Waals surface area (Å²) in [5, 5.41) is 2.93. The number of nitrogens with zero attached hydrogens (tertiary/aromatic N) is 1. The number of amides is 1. The number of ether oxygens (including phenoxy) is 1. The van der Waals surface area contributed by atoms with Crippen molar-refractivity contribution in [2.45, 2.75) is 51.6 Å². The maximum atomic E-state index is 12.8. The Hall–Kier alpha value is -0.980. The lowest BCUT2D eigenvalue weighted by Crippen LogP contribution is -2.50. The number of nitrogens with one attached hydrogen (secondary N) is 1. The van der Waals surface area contributed by atoms with Gasteiger partial charge < -0.3 is 10.1 Å². The molecule has 18 heavy (non-hydrogen) atoms. The van der Waals surface area contributed by atoms with Gasteiger partial charge >= 0.3 is 12.4 Å². The molecule has 0 aliphatic carbocycles. The van der Waals surface area contributed by atoms with Gasteiger partial charge in [0.15, 0.2) is 0 Å². The van der Waals surface area contributed by atoms with Gasteiger partial charge in [0.1, 0.15) is 5.60 Å². The van der Waals surface area contributed by atoms with E-state index in [1.807, 2.05) is 0 Å². The Kier molecular flexibility index (Phi) is 4.47. The number of hydrogen-bond donors (Lipinski definition) is 1. The van der Waals surface area contributed by atoms with Gasteiger partial charge in [-0.15, -0.1) is 13.2 Å². The van der Waals surface area contributed by atoms with Crippen LogP contribution in [0.15, 0.2) is 0 Å². The number of halogens is 3. The lowest BCUT2D eigenvalue weighted by Gasteiger charge is -2.30. The summed E-state index contributed by atoms with van der Waals surface area (Å²) < 4.78 is 43.2. The summed E-state index contributed by atoms with van der Waals surface area (Å²) in [5.41, 5.74) is -0.941. The van der Waals surface area contributed by atoms with Crippen molar-refractivity contribution in [3.05, 3.63) is 0 Å². The minimum atomic E-state index is -4.72. The second-order valence-corrected chi connectivity index (χ2v) is 5.35. The minimum absolute atomic E-state index is 0.165. The van der Waals surface area contributed by atoms with E-state index in [2.05, 4.69) is 5.32 Å². The van der Waals surface area contributed by atoms with E-state index in [-0.39, 0.29) is 10.9 Å². The summed E-state index contributed by atoms with van der Waals surface area (Å²) in [6.45, 7) is 4.89. The molecule has 0 spiro atoms. The highest BCUT2D eigenvalue weighted by Gasteiger charge is 2.44. The molecule has 106 valence electrons. The highest BCUT2D eigenvalue weighted by molar-refractivity contribution is 5.68. The van der Waals surface area contributed by atoms with Gasteiger partial charge in [0.25, 0.3) is 0 Å². The van der Waals surface area contributed by atoms with Crippen molar-refractivity contribution in [1.29, 1.82) is 0 Å². The zero-order valence-corrected chi connectivity index (χ0v) is 10.8. The molecule has 1 unspecified atom stereocenters. The molecule has 1 heterocycles. The topological polar surface area (TPSA) is 41.6 Å². The number of hydrogen-bond acceptors (Lipinski definition) is 3. The average molecular weight is 268 g/mol. The van der Waals surface area contributed by atoms with Crippen molar-refractivity contribution in [3.8, 4) is 0 Å². The molecule has 1 saturated heterocycles. The van der Waals surface area contributed by atoms with E-state index < -0.39 is 24.5 Å². The second kappa shape index (κ2) is 5.34. The Morgan fingerprint density at radius 2 is 2.00 bits per heavy atom. The normalized spacial score (nSPS) is 20.9. The van der Waals surface area contributed by atoms with Crippen LogP contribution in [0.3, 0.4) is 0 Å². The van der Waals surface area contributed by atoms with Gasteiger partial charge in [0.05, 0.1) is 0 Å². The average Bonchev–Trinajstić information content (AvgIpc) is 2.61. The molecule has 1 atom stereocenters. The monoisotopic (exact) mass is 268 g/mol. The van der Waals surface area contributed by atoms with E-state index in [0.29, 0.717) is 13.0 Å². The molecule has 0 aromatic heterocycles. The Bertz CT molecular complexity index is 294. The Balaban J connectivity index is 2.68. The molecular weight excluding hydrogens is 249 g/mol. The van der Waals surface area contributed by atoms with Crippen molar-refractivity contribution >= 4 is 6.09 Å². The fourth-order valence-electron chi connectivity index (χ4n) is 1.73. The van der Waals surface area contributed by atoms with Crippen LogP contribution < -0.4 is 5.32 Å². The van der Waals surface area contributed by atoms with Gasteiger partial charge in [-0.05, 0) is 40.2 Å². The molecule has 1 aliphatic heterocycles. The zero-order valence-electron chi connectivity index (χ0n) is 10.8. The van der Waals surface area contributed by atoms with Gasteiger partial charge in [-0.3, -0.25) is 0 Å². The van der Waals surface area contributed by atoms with Crippen LogP contribution in [-0.4, -0.2) is 42.0 Å². The lowest BCUT2D eigenvalue weighted by atomic mass is 10.2. The van der Waals surface area contributed by atoms with Gasteiger partial charge in [-0.25, -0.2) is 9.69 Å². The molecule has 0 radical (unpaired) electrons. The standard InChI is InChI=1S/C11H19F3N2O2/c1-10(2,3)18-9(17)16(11(12,13)14)7-8-5-4-6-15-8/h8,15H,4-7H2,1-3H3. The van der Waals surface area contributed by atoms with Gasteiger partial charge in [0.2, 0.25) is 0 Å². The van der Waals surface area contributed by atoms with E-state index in [1.165, 1.54) is 20.8 Å². The Morgan fingerprint density at radius 1 is 1.39 bits per heavy atom. The highest BCUT2D eigenvalue weighted by atomic mass is 19.4. The molecule has 1 amide bonds. The largest absolute Gasteiger partial charge is 0.489 e. The third-order valence-electron chi connectivity index (χ3n) is 2.49. The van der Waals surface area contributed by atoms with Crippen LogP contribution in [-0.2, 0) is 4.74 Å². The second-order valence-electron chi connectivity index (χ2n) is 5.35. The minimum Gasteiger partial charge on any atom is -0.444 e. The Labute approximate surface area is 104 Å². The van der Waals surface area contributed by atoms with E-state index >= 15 is 0 Å². The number of rotatable bonds is 2. The molecule has 0 aromatic carbocycles. The maximum absolute atomic E-state index is 12.8. The number of alkyl halides is 3. The van der Waals surface area contributed by atoms with Gasteiger partial charge in [0, 0.05) is 12.6 Å². The van der Waals surface area contributed by atoms with Crippen LogP contribution >= 0.6 is 0 Å². The molecule has 7 heteroatoms. The summed E-state index contributed by atoms with van der Waals surface area (Å²) in [5.74, 6) is 0. The van der Waals surface area contributed by atoms with E-state index in [0.717, 1.165) is 6.42 Å². The third kappa shape index (κ3) is 4.72. The van der Waals surface area contributed by atoms with Crippen LogP contribution in [0.25, 0.3) is 0 Å². The van der Waals surface area contributed by atoms with Crippen LogP contribution in [0.4, 0.5) is 18.0 Å². The smallest absolute Gasteiger partial charge is 0.444 e. The fraction of sp³-hybridized carbons (Fsp3) is 0.909. The first-order valence-corrected chi connectivity index (χ1v) is 5.90. The maximum Gasteiger partial charge on any atom is 0.489 e. The van der Waals surface area contributed by atoms with Crippen molar-refractivity contribution in [2.24, 2.45) is 0 Å². The molecule has 0 saturated carbocycles. The first-order chi connectivity index (χ1) is 8.09. The highest BCUT2D eigenvalue weighted by Crippen LogP contribution is 2.25. The summed E-state index contributed by atoms with van der Waals surface area (Å²) >= 11 is 0. The Morgan fingerprint density at radius 3 is 2.39 bits per heavy atom. The van der Waals surface area contributed by atoms with Crippen LogP contribution in [0, 0.1) is 0 Å². The fourth-order valence-corrected chi connectivity index (χ4v) is 1.73. The predicted molar refractivity (Wildman–Crippen MR) is 60.0 cm³/mol. The first kappa shape index (κ1) is 15.1. The van der Waals surface area contributed by atoms with Crippen LogP contribution in [0.1, 0.15) is 33.6 Å². The first-order valence-electron chi connectivity index (χ1n) is 5.90. The van der Waals surface area contributed by atoms with E-state index in [1.54, 1.807) is 0 Å². The molecule has 4 nitrogen and oxygen atoms in total. The lowest BCUT2D eigenvalue weighted by molar-refractivity contribution is -0.234. The zero-order chi connectivity index (χ0) is 14.0. The van der Waals surface area contributed by atoms with Crippen molar-refractivity contribution < 1.29 is 22.7 Å². The quantitative estimate of drug-likeness (QED) is 0.782. The summed E-state index contributed by atoms with van der Waals surface area (Å²) in [4.78, 5) is 11.4. The van der Waals surface area contributed by atoms with Crippen LogP contribution in [0.2, 0.25) is 0 Å². The van der Waals surface area contributed by atoms with Crippen molar-refractivity contribution in [2.75, 3.05) is 13.1 Å². The summed E-state index contributed by atoms with van der Waals surface area (Å²) in [6, 6.07) is -0.320. The predicted octanol–water partition coefficient (Wildman–Crippen LogP) is 2.50. The van der Waals surface area contributed by atoms with E-state index in [4.69, 9.17) is 4.74 Å². The summed E-state index contributed by atoms with van der Waals surface area (Å²) in [6.07, 6.45) is -4.60. The summed E-state index contributed by atoms with van der Waals surface area (Å²) in [7, 11) is 0. The number of carbonyl (C=O) groups is 1. The van der Waals surface area contributed by atoms with Gasteiger partial charge in [-0.2, -0.15) is 0 Å². The molecular formula is C11H19F3N2O2. The van der Waals surface area contributed by atoms with Crippen molar-refractivity contribution in [3.63, 3.8) is 0 Å². The molecule has 1 rings (SSSR count). The molecule has 1 N–H and O–H groups in total. The molecule has 0 bridgehead atoms. The third-order valence-corrected chi connectivity index (χ3v) is 2.49. The SMILES string of the molecule is CC(C)(C)OC(=O)N(CC1CCCN1)C(F)(F)F. The molecule has 1 fully saturated rings. The van der Waals surface area contributed by atoms with Crippen molar-refractivity contribution in [1.82, 2.24) is 10.2 Å². The molecule has 1 aliphatic rings.